The van der Waals surface area contributed by atoms with E-state index in [0.717, 1.165) is 11.8 Å². The topological polar surface area (TPSA) is 80.9 Å². The third kappa shape index (κ3) is 2.87. The third-order valence-electron chi connectivity index (χ3n) is 2.33. The molecule has 0 spiro atoms. The average molecular weight is 280 g/mol. The van der Waals surface area contributed by atoms with E-state index in [1.54, 1.807) is 31.3 Å². The van der Waals surface area contributed by atoms with Crippen LogP contribution in [-0.2, 0) is 9.53 Å². The number of hydrogen-bond donors (Lipinski definition) is 1. The Morgan fingerprint density at radius 1 is 1.47 bits per heavy atom. The normalized spacial score (nSPS) is 10.6. The number of aromatic carboxylic acids is 1. The van der Waals surface area contributed by atoms with E-state index in [1.807, 2.05) is 0 Å². The molecule has 2 rings (SSSR count). The number of carbonyl (C=O) groups is 2. The zero-order valence-electron chi connectivity index (χ0n) is 10.2. The number of fused-ring (bicyclic) bond motifs is 1. The number of pyridine rings is 1. The van der Waals surface area contributed by atoms with Crippen LogP contribution in [0.5, 0.6) is 0 Å². The highest BCUT2D eigenvalue weighted by Crippen LogP contribution is 2.23. The van der Waals surface area contributed by atoms with E-state index in [-0.39, 0.29) is 17.4 Å². The lowest BCUT2D eigenvalue weighted by molar-refractivity contribution is -0.139. The second-order valence-corrected chi connectivity index (χ2v) is 4.56. The second-order valence-electron chi connectivity index (χ2n) is 3.59. The zero-order chi connectivity index (χ0) is 13.8. The quantitative estimate of drug-likeness (QED) is 0.663. The minimum Gasteiger partial charge on any atom is -0.476 e. The number of esters is 1. The lowest BCUT2D eigenvalue weighted by Crippen LogP contribution is -2.08. The fourth-order valence-corrected chi connectivity index (χ4v) is 2.42. The maximum absolute atomic E-state index is 11.3. The summed E-state index contributed by atoms with van der Waals surface area (Å²) in [6.07, 6.45) is 1.63. The van der Waals surface area contributed by atoms with E-state index in [2.05, 4.69) is 4.98 Å². The molecule has 100 valence electrons. The Bertz CT molecular complexity index is 623. The molecule has 1 N–H and O–H groups in total. The highest BCUT2D eigenvalue weighted by atomic mass is 32.2. The number of aromatic nitrogens is 2. The Balaban J connectivity index is 2.29. The van der Waals surface area contributed by atoms with Crippen LogP contribution in [0.15, 0.2) is 29.4 Å². The summed E-state index contributed by atoms with van der Waals surface area (Å²) in [5.41, 5.74) is 0.594. The van der Waals surface area contributed by atoms with Gasteiger partial charge in [-0.05, 0) is 19.1 Å². The van der Waals surface area contributed by atoms with Crippen molar-refractivity contribution in [3.8, 4) is 0 Å². The van der Waals surface area contributed by atoms with Gasteiger partial charge >= 0.3 is 11.9 Å². The third-order valence-corrected chi connectivity index (χ3v) is 3.27. The minimum atomic E-state index is -1.08. The molecule has 2 aromatic heterocycles. The molecule has 2 aromatic rings. The number of carboxylic acids is 1. The van der Waals surface area contributed by atoms with Crippen molar-refractivity contribution in [1.29, 1.82) is 0 Å². The van der Waals surface area contributed by atoms with Crippen molar-refractivity contribution < 1.29 is 19.4 Å². The van der Waals surface area contributed by atoms with Gasteiger partial charge in [-0.1, -0.05) is 17.8 Å². The van der Waals surface area contributed by atoms with Gasteiger partial charge in [0.25, 0.3) is 0 Å². The number of carboxylic acid groups (broad SMARTS) is 1. The average Bonchev–Trinajstić information content (AvgIpc) is 2.75. The smallest absolute Gasteiger partial charge is 0.355 e. The summed E-state index contributed by atoms with van der Waals surface area (Å²) in [6, 6.07) is 5.20. The summed E-state index contributed by atoms with van der Waals surface area (Å²) in [5.74, 6) is -1.43. The maximum Gasteiger partial charge on any atom is 0.355 e. The summed E-state index contributed by atoms with van der Waals surface area (Å²) >= 11 is 1.06. The Labute approximate surface area is 113 Å². The molecule has 0 fully saturated rings. The van der Waals surface area contributed by atoms with Crippen LogP contribution in [0.2, 0.25) is 0 Å². The van der Waals surface area contributed by atoms with Gasteiger partial charge in [0.05, 0.1) is 12.4 Å². The van der Waals surface area contributed by atoms with Gasteiger partial charge in [-0.2, -0.15) is 0 Å². The molecule has 0 bridgehead atoms. The lowest BCUT2D eigenvalue weighted by Gasteiger charge is -2.01. The molecule has 0 amide bonds. The fraction of sp³-hybridized carbons (Fsp3) is 0.250. The zero-order valence-corrected chi connectivity index (χ0v) is 11.0. The Morgan fingerprint density at radius 3 is 2.95 bits per heavy atom. The molecule has 0 aromatic carbocycles. The maximum atomic E-state index is 11.3. The first-order valence-electron chi connectivity index (χ1n) is 5.62. The van der Waals surface area contributed by atoms with Gasteiger partial charge in [0.2, 0.25) is 0 Å². The molecule has 0 aliphatic rings. The van der Waals surface area contributed by atoms with Gasteiger partial charge in [-0.25, -0.2) is 9.78 Å². The van der Waals surface area contributed by atoms with E-state index < -0.39 is 5.97 Å². The summed E-state index contributed by atoms with van der Waals surface area (Å²) < 4.78 is 6.28. The number of nitrogens with zero attached hydrogens (tertiary/aromatic N) is 2. The number of carbonyl (C=O) groups excluding carboxylic acids is 1. The van der Waals surface area contributed by atoms with Gasteiger partial charge in [0.1, 0.15) is 10.7 Å². The number of ether oxygens (including phenoxy) is 1. The molecule has 7 heteroatoms. The molecule has 2 heterocycles. The summed E-state index contributed by atoms with van der Waals surface area (Å²) in [6.45, 7) is 2.02. The van der Waals surface area contributed by atoms with Crippen LogP contribution in [0.25, 0.3) is 5.65 Å². The van der Waals surface area contributed by atoms with Crippen molar-refractivity contribution in [2.24, 2.45) is 0 Å². The molecule has 0 radical (unpaired) electrons. The van der Waals surface area contributed by atoms with Crippen molar-refractivity contribution in [3.63, 3.8) is 0 Å². The summed E-state index contributed by atoms with van der Waals surface area (Å²) in [7, 11) is 0. The standard InChI is InChI=1S/C12H12N2O4S/c1-2-18-9(15)7-19-11-10(12(16)17)14-6-4-3-5-8(14)13-11/h3-6H,2,7H2,1H3,(H,16,17). The molecule has 0 aliphatic carbocycles. The fourth-order valence-electron chi connectivity index (χ4n) is 1.60. The molecular weight excluding hydrogens is 268 g/mol. The van der Waals surface area contributed by atoms with Gasteiger partial charge in [0.15, 0.2) is 5.69 Å². The first kappa shape index (κ1) is 13.4. The Kier molecular flexibility index (Phi) is 4.06. The monoisotopic (exact) mass is 280 g/mol. The molecule has 0 unspecified atom stereocenters. The molecule has 0 aliphatic heterocycles. The molecular formula is C12H12N2O4S. The van der Waals surface area contributed by atoms with Gasteiger partial charge < -0.3 is 9.84 Å². The molecule has 0 atom stereocenters. The predicted molar refractivity (Wildman–Crippen MR) is 69.5 cm³/mol. The molecule has 6 nitrogen and oxygen atoms in total. The van der Waals surface area contributed by atoms with Crippen molar-refractivity contribution in [2.75, 3.05) is 12.4 Å². The Morgan fingerprint density at radius 2 is 2.26 bits per heavy atom. The predicted octanol–water partition coefficient (Wildman–Crippen LogP) is 1.69. The van der Waals surface area contributed by atoms with Crippen LogP contribution in [0, 0.1) is 0 Å². The Hall–Kier alpha value is -2.02. The minimum absolute atomic E-state index is 0.0397. The van der Waals surface area contributed by atoms with E-state index in [1.165, 1.54) is 4.40 Å². The van der Waals surface area contributed by atoms with Crippen molar-refractivity contribution in [2.45, 2.75) is 11.9 Å². The van der Waals surface area contributed by atoms with Crippen LogP contribution in [0.4, 0.5) is 0 Å². The number of imidazole rings is 1. The van der Waals surface area contributed by atoms with E-state index >= 15 is 0 Å². The largest absolute Gasteiger partial charge is 0.476 e. The lowest BCUT2D eigenvalue weighted by atomic mass is 10.4. The van der Waals surface area contributed by atoms with Gasteiger partial charge in [-0.15, -0.1) is 0 Å². The van der Waals surface area contributed by atoms with Crippen LogP contribution in [0.1, 0.15) is 17.4 Å². The number of hydrogen-bond acceptors (Lipinski definition) is 5. The summed E-state index contributed by atoms with van der Waals surface area (Å²) in [5, 5.41) is 9.54. The molecule has 0 saturated heterocycles. The summed E-state index contributed by atoms with van der Waals surface area (Å²) in [4.78, 5) is 26.8. The SMILES string of the molecule is CCOC(=O)CSc1nc2ccccn2c1C(=O)O. The number of rotatable bonds is 5. The highest BCUT2D eigenvalue weighted by molar-refractivity contribution is 8.00. The van der Waals surface area contributed by atoms with Gasteiger partial charge in [-0.3, -0.25) is 9.20 Å². The van der Waals surface area contributed by atoms with E-state index in [0.29, 0.717) is 17.3 Å². The van der Waals surface area contributed by atoms with Crippen LogP contribution in [-0.4, -0.2) is 38.8 Å². The van der Waals surface area contributed by atoms with Crippen LogP contribution < -0.4 is 0 Å². The van der Waals surface area contributed by atoms with Crippen LogP contribution in [0.3, 0.4) is 0 Å². The van der Waals surface area contributed by atoms with Crippen molar-refractivity contribution >= 4 is 29.3 Å². The first-order valence-corrected chi connectivity index (χ1v) is 6.61. The van der Waals surface area contributed by atoms with E-state index in [9.17, 15) is 14.7 Å². The molecule has 19 heavy (non-hydrogen) atoms. The van der Waals surface area contributed by atoms with Crippen LogP contribution >= 0.6 is 11.8 Å². The van der Waals surface area contributed by atoms with E-state index in [4.69, 9.17) is 4.74 Å². The van der Waals surface area contributed by atoms with Crippen molar-refractivity contribution in [1.82, 2.24) is 9.38 Å². The van der Waals surface area contributed by atoms with Gasteiger partial charge in [0, 0.05) is 6.20 Å². The van der Waals surface area contributed by atoms with Crippen molar-refractivity contribution in [3.05, 3.63) is 30.1 Å². The molecule has 0 saturated carbocycles. The first-order chi connectivity index (χ1) is 9.13. The number of thioether (sulfide) groups is 1. The second kappa shape index (κ2) is 5.75. The highest BCUT2D eigenvalue weighted by Gasteiger charge is 2.19.